The van der Waals surface area contributed by atoms with E-state index >= 15 is 0 Å². The lowest BCUT2D eigenvalue weighted by Gasteiger charge is -2.44. The number of aromatic nitrogens is 1. The van der Waals surface area contributed by atoms with Gasteiger partial charge in [-0.15, -0.1) is 0 Å². The smallest absolute Gasteiger partial charge is 0.273 e. The molecule has 5 nitrogen and oxygen atoms in total. The molecule has 1 amide bonds. The molecule has 1 aromatic rings. The average Bonchev–Trinajstić information content (AvgIpc) is 2.97. The summed E-state index contributed by atoms with van der Waals surface area (Å²) in [5.41, 5.74) is 0.285. The summed E-state index contributed by atoms with van der Waals surface area (Å²) in [6.45, 7) is 14.6. The van der Waals surface area contributed by atoms with E-state index in [4.69, 9.17) is 4.52 Å². The molecule has 0 radical (unpaired) electrons. The molecule has 0 saturated carbocycles. The molecule has 21 heavy (non-hydrogen) atoms. The lowest BCUT2D eigenvalue weighted by atomic mass is 9.88. The first-order valence-electron chi connectivity index (χ1n) is 7.94. The van der Waals surface area contributed by atoms with Gasteiger partial charge in [-0.05, 0) is 33.4 Å². The molecule has 1 rings (SSSR count). The molecule has 0 saturated heterocycles. The van der Waals surface area contributed by atoms with Gasteiger partial charge in [0.05, 0.1) is 0 Å². The normalized spacial score (nSPS) is 15.8. The topological polar surface area (TPSA) is 58.4 Å². The highest BCUT2D eigenvalue weighted by molar-refractivity contribution is 5.92. The van der Waals surface area contributed by atoms with E-state index in [0.717, 1.165) is 31.7 Å². The second kappa shape index (κ2) is 7.59. The summed E-state index contributed by atoms with van der Waals surface area (Å²) in [5.74, 6) is 0.563. The molecule has 0 aromatic carbocycles. The van der Waals surface area contributed by atoms with E-state index in [1.165, 1.54) is 0 Å². The number of likely N-dealkylation sites (N-methyl/N-ethyl adjacent to an activating group) is 1. The Hall–Kier alpha value is -1.36. The molecule has 0 fully saturated rings. The highest BCUT2D eigenvalue weighted by Crippen LogP contribution is 2.23. The molecular formula is C16H29N3O2. The predicted molar refractivity (Wildman–Crippen MR) is 84.4 cm³/mol. The van der Waals surface area contributed by atoms with Crippen LogP contribution < -0.4 is 5.32 Å². The van der Waals surface area contributed by atoms with Crippen molar-refractivity contribution < 1.29 is 9.32 Å². The minimum Gasteiger partial charge on any atom is -0.361 e. The van der Waals surface area contributed by atoms with Crippen LogP contribution in [-0.4, -0.2) is 40.6 Å². The van der Waals surface area contributed by atoms with Crippen LogP contribution in [0.25, 0.3) is 0 Å². The minimum absolute atomic E-state index is 0.0247. The van der Waals surface area contributed by atoms with Crippen molar-refractivity contribution in [1.82, 2.24) is 15.4 Å². The Balaban J connectivity index is 2.81. The fourth-order valence-electron chi connectivity index (χ4n) is 2.76. The second-order valence-corrected chi connectivity index (χ2v) is 5.61. The van der Waals surface area contributed by atoms with E-state index in [-0.39, 0.29) is 17.5 Å². The van der Waals surface area contributed by atoms with Crippen LogP contribution in [0.3, 0.4) is 0 Å². The summed E-state index contributed by atoms with van der Waals surface area (Å²) in [4.78, 5) is 14.7. The summed E-state index contributed by atoms with van der Waals surface area (Å²) >= 11 is 0. The number of hydrogen-bond acceptors (Lipinski definition) is 4. The molecule has 1 aromatic heterocycles. The molecule has 120 valence electrons. The van der Waals surface area contributed by atoms with Crippen LogP contribution in [-0.2, 0) is 6.42 Å². The van der Waals surface area contributed by atoms with E-state index in [1.807, 2.05) is 6.92 Å². The van der Waals surface area contributed by atoms with Gasteiger partial charge in [-0.25, -0.2) is 0 Å². The van der Waals surface area contributed by atoms with Crippen molar-refractivity contribution in [3.63, 3.8) is 0 Å². The first-order chi connectivity index (χ1) is 9.92. The lowest BCUT2D eigenvalue weighted by molar-refractivity contribution is 0.0651. The standard InChI is InChI=1S/C16H29N3O2/c1-7-13-11-14(18-21-13)15(20)17-12(5)16(6,8-2)19(9-3)10-4/h11-12H,7-10H2,1-6H3,(H,17,20). The number of carbonyl (C=O) groups excluding carboxylic acids is 1. The van der Waals surface area contributed by atoms with Crippen LogP contribution in [0, 0.1) is 0 Å². The van der Waals surface area contributed by atoms with Gasteiger partial charge in [-0.1, -0.05) is 32.9 Å². The fraction of sp³-hybridized carbons (Fsp3) is 0.750. The third-order valence-electron chi connectivity index (χ3n) is 4.62. The molecule has 0 bridgehead atoms. The molecule has 2 atom stereocenters. The van der Waals surface area contributed by atoms with Crippen LogP contribution in [0.15, 0.2) is 10.6 Å². The number of nitrogens with zero attached hydrogens (tertiary/aromatic N) is 2. The van der Waals surface area contributed by atoms with Crippen molar-refractivity contribution in [1.29, 1.82) is 0 Å². The third-order valence-corrected chi connectivity index (χ3v) is 4.62. The zero-order valence-corrected chi connectivity index (χ0v) is 14.2. The van der Waals surface area contributed by atoms with Crippen LogP contribution in [0.4, 0.5) is 0 Å². The third kappa shape index (κ3) is 3.84. The van der Waals surface area contributed by atoms with Crippen LogP contribution in [0.5, 0.6) is 0 Å². The maximum Gasteiger partial charge on any atom is 0.273 e. The summed E-state index contributed by atoms with van der Waals surface area (Å²) < 4.78 is 5.10. The van der Waals surface area contributed by atoms with E-state index in [9.17, 15) is 4.79 Å². The van der Waals surface area contributed by atoms with Gasteiger partial charge in [0.2, 0.25) is 0 Å². The first kappa shape index (κ1) is 17.7. The van der Waals surface area contributed by atoms with Gasteiger partial charge in [0.25, 0.3) is 5.91 Å². The van der Waals surface area contributed by atoms with Crippen molar-refractivity contribution in [3.8, 4) is 0 Å². The molecule has 1 N–H and O–H groups in total. The quantitative estimate of drug-likeness (QED) is 0.801. The van der Waals surface area contributed by atoms with Crippen LogP contribution in [0.2, 0.25) is 0 Å². The zero-order chi connectivity index (χ0) is 16.0. The summed E-state index contributed by atoms with van der Waals surface area (Å²) in [5, 5.41) is 6.90. The molecule has 0 aliphatic carbocycles. The summed E-state index contributed by atoms with van der Waals surface area (Å²) in [6, 6.07) is 1.74. The van der Waals surface area contributed by atoms with Crippen molar-refractivity contribution in [2.24, 2.45) is 0 Å². The maximum absolute atomic E-state index is 12.3. The number of amides is 1. The van der Waals surface area contributed by atoms with Gasteiger partial charge in [0, 0.05) is 24.1 Å². The summed E-state index contributed by atoms with van der Waals surface area (Å²) in [6.07, 6.45) is 1.71. The van der Waals surface area contributed by atoms with Gasteiger partial charge >= 0.3 is 0 Å². The summed E-state index contributed by atoms with van der Waals surface area (Å²) in [7, 11) is 0. The largest absolute Gasteiger partial charge is 0.361 e. The van der Waals surface area contributed by atoms with E-state index in [0.29, 0.717) is 5.69 Å². The molecule has 2 unspecified atom stereocenters. The Bertz CT molecular complexity index is 454. The number of nitrogens with one attached hydrogen (secondary N) is 1. The van der Waals surface area contributed by atoms with Gasteiger partial charge in [-0.3, -0.25) is 9.69 Å². The van der Waals surface area contributed by atoms with Crippen molar-refractivity contribution in [3.05, 3.63) is 17.5 Å². The molecule has 0 aliphatic heterocycles. The fourth-order valence-corrected chi connectivity index (χ4v) is 2.76. The monoisotopic (exact) mass is 295 g/mol. The number of aryl methyl sites for hydroxylation is 1. The maximum atomic E-state index is 12.3. The van der Waals surface area contributed by atoms with Gasteiger partial charge in [-0.2, -0.15) is 0 Å². The van der Waals surface area contributed by atoms with Crippen LogP contribution in [0.1, 0.15) is 64.2 Å². The Labute approximate surface area is 128 Å². The Morgan fingerprint density at radius 1 is 1.38 bits per heavy atom. The zero-order valence-electron chi connectivity index (χ0n) is 14.2. The van der Waals surface area contributed by atoms with Crippen molar-refractivity contribution in [2.75, 3.05) is 13.1 Å². The number of hydrogen-bond donors (Lipinski definition) is 1. The Morgan fingerprint density at radius 3 is 2.43 bits per heavy atom. The SMILES string of the molecule is CCc1cc(C(=O)NC(C)C(C)(CC)N(CC)CC)no1. The minimum atomic E-state index is -0.169. The van der Waals surface area contributed by atoms with Crippen molar-refractivity contribution >= 4 is 5.91 Å². The van der Waals surface area contributed by atoms with Gasteiger partial charge < -0.3 is 9.84 Å². The molecular weight excluding hydrogens is 266 g/mol. The van der Waals surface area contributed by atoms with E-state index in [2.05, 4.69) is 50.0 Å². The molecule has 0 aliphatic rings. The highest BCUT2D eigenvalue weighted by Gasteiger charge is 2.35. The highest BCUT2D eigenvalue weighted by atomic mass is 16.5. The van der Waals surface area contributed by atoms with Crippen LogP contribution >= 0.6 is 0 Å². The second-order valence-electron chi connectivity index (χ2n) is 5.61. The van der Waals surface area contributed by atoms with E-state index in [1.54, 1.807) is 6.07 Å². The lowest BCUT2D eigenvalue weighted by Crippen LogP contribution is -2.59. The van der Waals surface area contributed by atoms with Crippen molar-refractivity contribution in [2.45, 2.75) is 66.0 Å². The van der Waals surface area contributed by atoms with E-state index < -0.39 is 0 Å². The predicted octanol–water partition coefficient (Wildman–Crippen LogP) is 2.87. The van der Waals surface area contributed by atoms with Gasteiger partial charge in [0.1, 0.15) is 5.76 Å². The molecule has 1 heterocycles. The Morgan fingerprint density at radius 2 is 2.00 bits per heavy atom. The number of rotatable bonds is 8. The average molecular weight is 295 g/mol. The first-order valence-corrected chi connectivity index (χ1v) is 7.94. The Kier molecular flexibility index (Phi) is 6.40. The molecule has 0 spiro atoms. The van der Waals surface area contributed by atoms with Gasteiger partial charge in [0.15, 0.2) is 5.69 Å². The number of carbonyl (C=O) groups is 1. The molecule has 5 heteroatoms.